The number of benzene rings is 2. The first-order valence-corrected chi connectivity index (χ1v) is 8.28. The molecule has 0 unspecified atom stereocenters. The van der Waals surface area contributed by atoms with Crippen molar-refractivity contribution >= 4 is 17.5 Å². The molecule has 3 aromatic rings. The molecule has 3 rings (SSSR count). The largest absolute Gasteiger partial charge is 0.497 e. The molecule has 0 spiro atoms. The van der Waals surface area contributed by atoms with Crippen LogP contribution in [0.1, 0.15) is 10.5 Å². The molecule has 0 aliphatic carbocycles. The van der Waals surface area contributed by atoms with E-state index >= 15 is 0 Å². The number of hydrogen-bond donors (Lipinski definition) is 1. The molecule has 2 aromatic carbocycles. The average Bonchev–Trinajstić information content (AvgIpc) is 3.18. The van der Waals surface area contributed by atoms with Gasteiger partial charge in [-0.05, 0) is 24.3 Å². The number of anilines is 1. The van der Waals surface area contributed by atoms with E-state index in [1.165, 1.54) is 11.9 Å². The summed E-state index contributed by atoms with van der Waals surface area (Å²) in [5.41, 5.74) is 1.59. The molecule has 27 heavy (non-hydrogen) atoms. The molecule has 0 aliphatic heterocycles. The van der Waals surface area contributed by atoms with Gasteiger partial charge in [-0.25, -0.2) is 0 Å². The topological polar surface area (TPSA) is 84.7 Å². The van der Waals surface area contributed by atoms with Crippen LogP contribution in [0.15, 0.2) is 65.2 Å². The zero-order valence-corrected chi connectivity index (χ0v) is 15.0. The lowest BCUT2D eigenvalue weighted by atomic mass is 10.1. The van der Waals surface area contributed by atoms with Crippen molar-refractivity contribution in [3.8, 4) is 17.1 Å². The van der Waals surface area contributed by atoms with Gasteiger partial charge in [0.1, 0.15) is 5.75 Å². The maximum absolute atomic E-state index is 12.5. The van der Waals surface area contributed by atoms with Crippen LogP contribution in [0.25, 0.3) is 11.3 Å². The smallest absolute Gasteiger partial charge is 0.276 e. The Morgan fingerprint density at radius 3 is 2.48 bits per heavy atom. The molecular formula is C20H19N3O4. The first kappa shape index (κ1) is 18.2. The lowest BCUT2D eigenvalue weighted by Gasteiger charge is -2.15. The van der Waals surface area contributed by atoms with Crippen LogP contribution in [-0.2, 0) is 4.79 Å². The lowest BCUT2D eigenvalue weighted by Crippen LogP contribution is -2.35. The highest BCUT2D eigenvalue weighted by molar-refractivity contribution is 5.98. The second-order valence-corrected chi connectivity index (χ2v) is 5.88. The van der Waals surface area contributed by atoms with Crippen molar-refractivity contribution < 1.29 is 18.8 Å². The van der Waals surface area contributed by atoms with Gasteiger partial charge in [-0.1, -0.05) is 35.5 Å². The van der Waals surface area contributed by atoms with Gasteiger partial charge in [-0.2, -0.15) is 0 Å². The van der Waals surface area contributed by atoms with E-state index in [9.17, 15) is 9.59 Å². The first-order valence-electron chi connectivity index (χ1n) is 8.28. The molecule has 0 radical (unpaired) electrons. The second-order valence-electron chi connectivity index (χ2n) is 5.88. The Kier molecular flexibility index (Phi) is 5.51. The van der Waals surface area contributed by atoms with Crippen molar-refractivity contribution in [3.05, 3.63) is 66.4 Å². The normalized spacial score (nSPS) is 10.3. The molecule has 7 heteroatoms. The number of likely N-dealkylation sites (N-methyl/N-ethyl adjacent to an activating group) is 1. The Bertz CT molecular complexity index is 920. The molecule has 0 saturated carbocycles. The number of hydrogen-bond acceptors (Lipinski definition) is 5. The molecule has 7 nitrogen and oxygen atoms in total. The van der Waals surface area contributed by atoms with Crippen LogP contribution in [0.5, 0.6) is 5.75 Å². The molecule has 0 bridgehead atoms. The lowest BCUT2D eigenvalue weighted by molar-refractivity contribution is -0.116. The van der Waals surface area contributed by atoms with Gasteiger partial charge in [-0.3, -0.25) is 9.59 Å². The molecule has 1 N–H and O–H groups in total. The van der Waals surface area contributed by atoms with E-state index in [2.05, 4.69) is 10.5 Å². The van der Waals surface area contributed by atoms with Crippen molar-refractivity contribution in [1.82, 2.24) is 10.1 Å². The summed E-state index contributed by atoms with van der Waals surface area (Å²) in [6.45, 7) is -0.113. The number of aromatic nitrogens is 1. The molecule has 1 heterocycles. The highest BCUT2D eigenvalue weighted by Crippen LogP contribution is 2.20. The Morgan fingerprint density at radius 2 is 1.81 bits per heavy atom. The molecule has 0 saturated heterocycles. The van der Waals surface area contributed by atoms with Crippen molar-refractivity contribution in [2.45, 2.75) is 0 Å². The van der Waals surface area contributed by atoms with Crippen LogP contribution in [0.2, 0.25) is 0 Å². The van der Waals surface area contributed by atoms with E-state index in [4.69, 9.17) is 9.26 Å². The summed E-state index contributed by atoms with van der Waals surface area (Å²) < 4.78 is 10.3. The van der Waals surface area contributed by atoms with E-state index in [0.29, 0.717) is 17.2 Å². The summed E-state index contributed by atoms with van der Waals surface area (Å²) in [6, 6.07) is 17.9. The van der Waals surface area contributed by atoms with E-state index in [0.717, 1.165) is 5.56 Å². The molecule has 138 valence electrons. The summed E-state index contributed by atoms with van der Waals surface area (Å²) in [4.78, 5) is 25.9. The van der Waals surface area contributed by atoms with Gasteiger partial charge in [-0.15, -0.1) is 0 Å². The van der Waals surface area contributed by atoms with Crippen LogP contribution in [0, 0.1) is 0 Å². The number of nitrogens with one attached hydrogen (secondary N) is 1. The predicted molar refractivity (Wildman–Crippen MR) is 101 cm³/mol. The van der Waals surface area contributed by atoms with Gasteiger partial charge in [0.2, 0.25) is 5.91 Å². The third kappa shape index (κ3) is 4.52. The van der Waals surface area contributed by atoms with E-state index in [1.54, 1.807) is 37.4 Å². The van der Waals surface area contributed by atoms with Crippen LogP contribution in [-0.4, -0.2) is 42.6 Å². The van der Waals surface area contributed by atoms with Crippen LogP contribution in [0.3, 0.4) is 0 Å². The van der Waals surface area contributed by atoms with Crippen LogP contribution in [0.4, 0.5) is 5.69 Å². The predicted octanol–water partition coefficient (Wildman–Crippen LogP) is 3.06. The third-order valence-electron chi connectivity index (χ3n) is 3.89. The minimum Gasteiger partial charge on any atom is -0.497 e. The molecule has 0 fully saturated rings. The summed E-state index contributed by atoms with van der Waals surface area (Å²) >= 11 is 0. The standard InChI is InChI=1S/C20H19N3O4/c1-23(13-19(24)21-15-8-10-16(26-2)11-9-15)20(25)17-12-18(27-22-17)14-6-4-3-5-7-14/h3-12H,13H2,1-2H3,(H,21,24). The summed E-state index contributed by atoms with van der Waals surface area (Å²) in [7, 11) is 3.11. The van der Waals surface area contributed by atoms with Crippen molar-refractivity contribution in [2.24, 2.45) is 0 Å². The number of ether oxygens (including phenoxy) is 1. The summed E-state index contributed by atoms with van der Waals surface area (Å²) in [5.74, 6) is 0.476. The number of carbonyl (C=O) groups excluding carboxylic acids is 2. The molecular weight excluding hydrogens is 346 g/mol. The molecule has 0 aliphatic rings. The number of methoxy groups -OCH3 is 1. The second kappa shape index (κ2) is 8.18. The fraction of sp³-hybridized carbons (Fsp3) is 0.150. The molecule has 0 atom stereocenters. The van der Waals surface area contributed by atoms with Crippen LogP contribution >= 0.6 is 0 Å². The number of carbonyl (C=O) groups is 2. The Labute approximate surface area is 156 Å². The van der Waals surface area contributed by atoms with E-state index in [1.807, 2.05) is 30.3 Å². The van der Waals surface area contributed by atoms with Gasteiger partial charge in [0, 0.05) is 24.4 Å². The Balaban J connectivity index is 1.60. The third-order valence-corrected chi connectivity index (χ3v) is 3.89. The quantitative estimate of drug-likeness (QED) is 0.726. The Morgan fingerprint density at radius 1 is 1.11 bits per heavy atom. The molecule has 1 aromatic heterocycles. The molecule has 2 amide bonds. The van der Waals surface area contributed by atoms with Crippen molar-refractivity contribution in [3.63, 3.8) is 0 Å². The SMILES string of the molecule is COc1ccc(NC(=O)CN(C)C(=O)c2cc(-c3ccccc3)on2)cc1. The van der Waals surface area contributed by atoms with E-state index < -0.39 is 5.91 Å². The van der Waals surface area contributed by atoms with Crippen molar-refractivity contribution in [2.75, 3.05) is 26.0 Å². The van der Waals surface area contributed by atoms with Gasteiger partial charge < -0.3 is 19.5 Å². The van der Waals surface area contributed by atoms with Crippen molar-refractivity contribution in [1.29, 1.82) is 0 Å². The van der Waals surface area contributed by atoms with Gasteiger partial charge in [0.15, 0.2) is 11.5 Å². The minimum absolute atomic E-state index is 0.113. The fourth-order valence-electron chi connectivity index (χ4n) is 2.47. The summed E-state index contributed by atoms with van der Waals surface area (Å²) in [6.07, 6.45) is 0. The van der Waals surface area contributed by atoms with Crippen LogP contribution < -0.4 is 10.1 Å². The highest BCUT2D eigenvalue weighted by atomic mass is 16.5. The maximum Gasteiger partial charge on any atom is 0.276 e. The minimum atomic E-state index is -0.397. The Hall–Kier alpha value is -3.61. The van der Waals surface area contributed by atoms with E-state index in [-0.39, 0.29) is 18.1 Å². The first-order chi connectivity index (χ1) is 13.1. The summed E-state index contributed by atoms with van der Waals surface area (Å²) in [5, 5.41) is 6.54. The highest BCUT2D eigenvalue weighted by Gasteiger charge is 2.19. The monoisotopic (exact) mass is 365 g/mol. The van der Waals surface area contributed by atoms with Gasteiger partial charge >= 0.3 is 0 Å². The number of rotatable bonds is 6. The fourth-order valence-corrected chi connectivity index (χ4v) is 2.47. The van der Waals surface area contributed by atoms with Gasteiger partial charge in [0.05, 0.1) is 13.7 Å². The number of amides is 2. The van der Waals surface area contributed by atoms with Gasteiger partial charge in [0.25, 0.3) is 5.91 Å². The maximum atomic E-state index is 12.5. The number of nitrogens with zero attached hydrogens (tertiary/aromatic N) is 2. The average molecular weight is 365 g/mol. The zero-order valence-electron chi connectivity index (χ0n) is 15.0. The zero-order chi connectivity index (χ0) is 19.2.